The van der Waals surface area contributed by atoms with Crippen LogP contribution in [0.5, 0.6) is 0 Å². The van der Waals surface area contributed by atoms with Crippen LogP contribution in [-0.4, -0.2) is 25.7 Å². The second kappa shape index (κ2) is 4.22. The van der Waals surface area contributed by atoms with Gasteiger partial charge in [0.2, 0.25) is 0 Å². The van der Waals surface area contributed by atoms with Crippen molar-refractivity contribution in [2.75, 3.05) is 6.54 Å². The Labute approximate surface area is 111 Å². The van der Waals surface area contributed by atoms with E-state index in [1.807, 2.05) is 17.0 Å². The van der Waals surface area contributed by atoms with Crippen molar-refractivity contribution >= 4 is 27.6 Å². The third kappa shape index (κ3) is 2.11. The molecular formula is C11H12ClN3O2S. The maximum absolute atomic E-state index is 11.7. The van der Waals surface area contributed by atoms with Crippen LogP contribution in [0, 0.1) is 0 Å². The summed E-state index contributed by atoms with van der Waals surface area (Å²) in [6.07, 6.45) is 1.27. The Balaban J connectivity index is 2.02. The Morgan fingerprint density at radius 3 is 2.78 bits per heavy atom. The number of hydrogen-bond donors (Lipinski definition) is 1. The number of benzene rings is 1. The number of fused-ring (bicyclic) bond motifs is 1. The van der Waals surface area contributed by atoms with E-state index in [4.69, 9.17) is 11.6 Å². The molecule has 0 spiro atoms. The smallest absolute Gasteiger partial charge is 0.323 e. The van der Waals surface area contributed by atoms with Crippen LogP contribution in [0.1, 0.15) is 24.6 Å². The average Bonchev–Trinajstić information content (AvgIpc) is 2.75. The fourth-order valence-electron chi connectivity index (χ4n) is 2.32. The number of halogens is 1. The van der Waals surface area contributed by atoms with Gasteiger partial charge in [0, 0.05) is 18.0 Å². The predicted octanol–water partition coefficient (Wildman–Crippen LogP) is 1.68. The second-order valence-electron chi connectivity index (χ2n) is 4.35. The van der Waals surface area contributed by atoms with E-state index in [0.29, 0.717) is 17.3 Å². The quantitative estimate of drug-likeness (QED) is 0.854. The van der Waals surface area contributed by atoms with Crippen molar-refractivity contribution in [2.45, 2.75) is 19.0 Å². The molecule has 2 aliphatic heterocycles. The molecule has 2 aliphatic rings. The zero-order valence-electron chi connectivity index (χ0n) is 9.51. The number of nitrogens with one attached hydrogen (secondary N) is 1. The first-order chi connectivity index (χ1) is 8.55. The van der Waals surface area contributed by atoms with E-state index < -0.39 is 10.2 Å². The van der Waals surface area contributed by atoms with E-state index >= 15 is 0 Å². The SMILES string of the molecule is O=S1(=O)N=C2CCCN2[C@H](c2ccc(Cl)cc2)N1. The van der Waals surface area contributed by atoms with Gasteiger partial charge in [-0.3, -0.25) is 0 Å². The first kappa shape index (κ1) is 12.0. The van der Waals surface area contributed by atoms with Gasteiger partial charge in [-0.25, -0.2) is 0 Å². The number of amidine groups is 1. The maximum Gasteiger partial charge on any atom is 0.323 e. The molecule has 18 heavy (non-hydrogen) atoms. The summed E-state index contributed by atoms with van der Waals surface area (Å²) in [7, 11) is -3.58. The molecule has 2 heterocycles. The van der Waals surface area contributed by atoms with Crippen LogP contribution < -0.4 is 4.72 Å². The Morgan fingerprint density at radius 1 is 1.33 bits per heavy atom. The summed E-state index contributed by atoms with van der Waals surface area (Å²) in [6, 6.07) is 7.17. The van der Waals surface area contributed by atoms with Gasteiger partial charge >= 0.3 is 10.2 Å². The lowest BCUT2D eigenvalue weighted by Gasteiger charge is -2.33. The van der Waals surface area contributed by atoms with E-state index in [1.165, 1.54) is 0 Å². The average molecular weight is 286 g/mol. The summed E-state index contributed by atoms with van der Waals surface area (Å²) in [6.45, 7) is 0.814. The van der Waals surface area contributed by atoms with Crippen LogP contribution in [0.2, 0.25) is 5.02 Å². The monoisotopic (exact) mass is 285 g/mol. The third-order valence-electron chi connectivity index (χ3n) is 3.11. The largest absolute Gasteiger partial charge is 0.339 e. The van der Waals surface area contributed by atoms with Crippen molar-refractivity contribution in [3.8, 4) is 0 Å². The van der Waals surface area contributed by atoms with Gasteiger partial charge in [-0.05, 0) is 24.1 Å². The second-order valence-corrected chi connectivity index (χ2v) is 6.16. The number of hydrogen-bond acceptors (Lipinski definition) is 3. The molecule has 0 aliphatic carbocycles. The van der Waals surface area contributed by atoms with Crippen LogP contribution in [0.25, 0.3) is 0 Å². The van der Waals surface area contributed by atoms with Crippen LogP contribution in [0.3, 0.4) is 0 Å². The molecule has 1 aromatic rings. The van der Waals surface area contributed by atoms with Gasteiger partial charge in [-0.15, -0.1) is 4.40 Å². The highest BCUT2D eigenvalue weighted by atomic mass is 35.5. The van der Waals surface area contributed by atoms with Crippen molar-refractivity contribution in [3.05, 3.63) is 34.9 Å². The standard InChI is InChI=1S/C11H12ClN3O2S/c12-9-5-3-8(4-6-9)11-14-18(16,17)13-10-2-1-7-15(10)11/h3-6,11,14H,1-2,7H2/t11-/m1/s1. The van der Waals surface area contributed by atoms with Crippen LogP contribution in [-0.2, 0) is 10.2 Å². The molecule has 1 aromatic carbocycles. The minimum absolute atomic E-state index is 0.373. The molecule has 0 bridgehead atoms. The molecule has 5 nitrogen and oxygen atoms in total. The molecule has 1 saturated heterocycles. The summed E-state index contributed by atoms with van der Waals surface area (Å²) in [5, 5.41) is 0.632. The van der Waals surface area contributed by atoms with Gasteiger partial charge in [0.1, 0.15) is 12.0 Å². The first-order valence-electron chi connectivity index (χ1n) is 5.68. The fourth-order valence-corrected chi connectivity index (χ4v) is 3.52. The molecule has 1 fully saturated rings. The topological polar surface area (TPSA) is 61.8 Å². The fraction of sp³-hybridized carbons (Fsp3) is 0.364. The predicted molar refractivity (Wildman–Crippen MR) is 69.6 cm³/mol. The highest BCUT2D eigenvalue weighted by molar-refractivity contribution is 7.88. The van der Waals surface area contributed by atoms with E-state index in [-0.39, 0.29) is 6.17 Å². The van der Waals surface area contributed by atoms with E-state index in [9.17, 15) is 8.42 Å². The number of rotatable bonds is 1. The zero-order chi connectivity index (χ0) is 12.8. The lowest BCUT2D eigenvalue weighted by molar-refractivity contribution is 0.316. The lowest BCUT2D eigenvalue weighted by Crippen LogP contribution is -2.45. The van der Waals surface area contributed by atoms with Crippen LogP contribution in [0.15, 0.2) is 28.7 Å². The molecular weight excluding hydrogens is 274 g/mol. The number of nitrogens with zero attached hydrogens (tertiary/aromatic N) is 2. The van der Waals surface area contributed by atoms with Gasteiger partial charge in [-0.1, -0.05) is 23.7 Å². The molecule has 3 rings (SSSR count). The van der Waals surface area contributed by atoms with Crippen molar-refractivity contribution in [2.24, 2.45) is 4.40 Å². The summed E-state index contributed by atoms with van der Waals surface area (Å²) in [5.41, 5.74) is 0.872. The first-order valence-corrected chi connectivity index (χ1v) is 7.50. The van der Waals surface area contributed by atoms with E-state index in [0.717, 1.165) is 18.5 Å². The summed E-state index contributed by atoms with van der Waals surface area (Å²) < 4.78 is 29.7. The minimum Gasteiger partial charge on any atom is -0.339 e. The molecule has 0 aromatic heterocycles. The summed E-state index contributed by atoms with van der Waals surface area (Å²) >= 11 is 5.84. The molecule has 0 saturated carbocycles. The third-order valence-corrected chi connectivity index (χ3v) is 4.34. The highest BCUT2D eigenvalue weighted by Gasteiger charge is 2.35. The molecule has 1 N–H and O–H groups in total. The Kier molecular flexibility index (Phi) is 2.80. The lowest BCUT2D eigenvalue weighted by atomic mass is 10.1. The van der Waals surface area contributed by atoms with Gasteiger partial charge < -0.3 is 4.90 Å². The van der Waals surface area contributed by atoms with Gasteiger partial charge in [0.05, 0.1) is 0 Å². The Hall–Kier alpha value is -1.11. The molecule has 0 radical (unpaired) electrons. The minimum atomic E-state index is -3.58. The van der Waals surface area contributed by atoms with Crippen molar-refractivity contribution in [1.29, 1.82) is 0 Å². The Bertz CT molecular complexity index is 597. The van der Waals surface area contributed by atoms with Crippen molar-refractivity contribution in [1.82, 2.24) is 9.62 Å². The van der Waals surface area contributed by atoms with Crippen LogP contribution in [0.4, 0.5) is 0 Å². The molecule has 0 amide bonds. The highest BCUT2D eigenvalue weighted by Crippen LogP contribution is 2.29. The Morgan fingerprint density at radius 2 is 2.06 bits per heavy atom. The van der Waals surface area contributed by atoms with Crippen molar-refractivity contribution in [3.63, 3.8) is 0 Å². The maximum atomic E-state index is 11.7. The summed E-state index contributed by atoms with van der Waals surface area (Å²) in [4.78, 5) is 1.99. The molecule has 7 heteroatoms. The van der Waals surface area contributed by atoms with Gasteiger partial charge in [0.25, 0.3) is 0 Å². The molecule has 1 atom stereocenters. The van der Waals surface area contributed by atoms with Crippen molar-refractivity contribution < 1.29 is 8.42 Å². The zero-order valence-corrected chi connectivity index (χ0v) is 11.1. The molecule has 0 unspecified atom stereocenters. The van der Waals surface area contributed by atoms with Crippen LogP contribution >= 0.6 is 11.6 Å². The van der Waals surface area contributed by atoms with Gasteiger partial charge in [0.15, 0.2) is 0 Å². The summed E-state index contributed by atoms with van der Waals surface area (Å²) in [5.74, 6) is 0.647. The normalized spacial score (nSPS) is 25.7. The van der Waals surface area contributed by atoms with E-state index in [2.05, 4.69) is 9.12 Å². The van der Waals surface area contributed by atoms with Gasteiger partial charge in [-0.2, -0.15) is 13.1 Å². The molecule has 96 valence electrons. The van der Waals surface area contributed by atoms with E-state index in [1.54, 1.807) is 12.1 Å².